The number of hydrogen-bond acceptors (Lipinski definition) is 5. The van der Waals surface area contributed by atoms with Crippen molar-refractivity contribution >= 4 is 35.8 Å². The average molecular weight is 555 g/mol. The third-order valence-corrected chi connectivity index (χ3v) is 5.41. The molecule has 9 nitrogen and oxygen atoms in total. The Hall–Kier alpha value is -2.21. The minimum atomic E-state index is -0.0372. The zero-order chi connectivity index (χ0) is 22.2. The summed E-state index contributed by atoms with van der Waals surface area (Å²) in [6.45, 7) is 5.85. The predicted octanol–water partition coefficient (Wildman–Crippen LogP) is 2.25. The summed E-state index contributed by atoms with van der Waals surface area (Å²) in [6, 6.07) is 8.04. The van der Waals surface area contributed by atoms with Gasteiger partial charge in [0.2, 0.25) is 0 Å². The van der Waals surface area contributed by atoms with Gasteiger partial charge in [-0.1, -0.05) is 19.1 Å². The Labute approximate surface area is 206 Å². The number of aliphatic imine (C=N–C) groups is 1. The van der Waals surface area contributed by atoms with E-state index in [0.717, 1.165) is 49.0 Å². The summed E-state index contributed by atoms with van der Waals surface area (Å²) in [5.41, 5.74) is 1.75. The van der Waals surface area contributed by atoms with Crippen molar-refractivity contribution in [2.45, 2.75) is 64.9 Å². The number of rotatable bonds is 8. The second kappa shape index (κ2) is 12.7. The molecule has 1 amide bonds. The Morgan fingerprint density at radius 2 is 2.09 bits per heavy atom. The Bertz CT molecular complexity index is 898. The van der Waals surface area contributed by atoms with Crippen LogP contribution in [0.4, 0.5) is 0 Å². The lowest BCUT2D eigenvalue weighted by atomic mass is 10.1. The van der Waals surface area contributed by atoms with Crippen LogP contribution in [-0.4, -0.2) is 52.9 Å². The number of carbonyl (C=O) groups is 1. The van der Waals surface area contributed by atoms with Gasteiger partial charge in [-0.2, -0.15) is 5.10 Å². The molecule has 2 heterocycles. The lowest BCUT2D eigenvalue weighted by molar-refractivity contribution is 0.0939. The molecule has 0 saturated heterocycles. The zero-order valence-electron chi connectivity index (χ0n) is 19.2. The molecular weight excluding hydrogens is 521 g/mol. The first-order valence-electron chi connectivity index (χ1n) is 10.8. The van der Waals surface area contributed by atoms with E-state index in [4.69, 9.17) is 4.74 Å². The van der Waals surface area contributed by atoms with Crippen LogP contribution in [-0.2, 0) is 30.9 Å². The molecule has 1 aromatic heterocycles. The number of aromatic nitrogens is 3. The van der Waals surface area contributed by atoms with Crippen molar-refractivity contribution in [3.05, 3.63) is 47.0 Å². The predicted molar refractivity (Wildman–Crippen MR) is 135 cm³/mol. The van der Waals surface area contributed by atoms with E-state index in [1.807, 2.05) is 35.9 Å². The highest BCUT2D eigenvalue weighted by Gasteiger charge is 2.22. The Kier molecular flexibility index (Phi) is 10.4. The van der Waals surface area contributed by atoms with Gasteiger partial charge >= 0.3 is 0 Å². The molecular formula is C22H34IN7O2. The van der Waals surface area contributed by atoms with Crippen LogP contribution in [0.5, 0.6) is 0 Å². The number of ether oxygens (including phenoxy) is 1. The van der Waals surface area contributed by atoms with Crippen LogP contribution >= 0.6 is 24.0 Å². The molecule has 0 radical (unpaired) electrons. The van der Waals surface area contributed by atoms with Gasteiger partial charge in [0.15, 0.2) is 11.8 Å². The van der Waals surface area contributed by atoms with E-state index >= 15 is 0 Å². The standard InChI is InChI=1S/C22H33N7O2.HI/c1-5-15(2)25-21(30)17-8-6-16(7-9-17)12-24-22(23-3)26-18-10-11-20-27-19(14-31-4)28-29(20)13-18;/h6-9,15,18H,5,10-14H2,1-4H3,(H,25,30)(H2,23,24,26);1H. The fraction of sp³-hybridized carbons (Fsp3) is 0.545. The molecule has 0 fully saturated rings. The van der Waals surface area contributed by atoms with Crippen LogP contribution in [0, 0.1) is 0 Å². The third kappa shape index (κ3) is 7.16. The average Bonchev–Trinajstić information content (AvgIpc) is 3.18. The minimum Gasteiger partial charge on any atom is -0.377 e. The number of carbonyl (C=O) groups excluding carboxylic acids is 1. The molecule has 1 aliphatic heterocycles. The summed E-state index contributed by atoms with van der Waals surface area (Å²) >= 11 is 0. The van der Waals surface area contributed by atoms with Crippen molar-refractivity contribution in [2.24, 2.45) is 4.99 Å². The number of fused-ring (bicyclic) bond motifs is 1. The lowest BCUT2D eigenvalue weighted by Gasteiger charge is -2.25. The SMILES string of the molecule is CCC(C)NC(=O)c1ccc(CNC(=NC)NC2CCc3nc(COC)nn3C2)cc1.I. The first kappa shape index (κ1) is 26.0. The van der Waals surface area contributed by atoms with Crippen molar-refractivity contribution < 1.29 is 9.53 Å². The van der Waals surface area contributed by atoms with Crippen molar-refractivity contribution in [1.82, 2.24) is 30.7 Å². The molecule has 3 N–H and O–H groups in total. The highest BCUT2D eigenvalue weighted by Crippen LogP contribution is 2.13. The van der Waals surface area contributed by atoms with Crippen LogP contribution in [0.15, 0.2) is 29.3 Å². The number of aryl methyl sites for hydroxylation is 1. The van der Waals surface area contributed by atoms with Gasteiger partial charge in [0.1, 0.15) is 12.4 Å². The van der Waals surface area contributed by atoms with E-state index in [1.54, 1.807) is 14.2 Å². The second-order valence-corrected chi connectivity index (χ2v) is 7.84. The maximum atomic E-state index is 12.2. The monoisotopic (exact) mass is 555 g/mol. The van der Waals surface area contributed by atoms with Gasteiger partial charge in [-0.15, -0.1) is 24.0 Å². The first-order valence-corrected chi connectivity index (χ1v) is 10.8. The van der Waals surface area contributed by atoms with E-state index in [-0.39, 0.29) is 42.0 Å². The molecule has 176 valence electrons. The summed E-state index contributed by atoms with van der Waals surface area (Å²) in [4.78, 5) is 21.1. The van der Waals surface area contributed by atoms with Crippen molar-refractivity contribution in [2.75, 3.05) is 14.2 Å². The van der Waals surface area contributed by atoms with Gasteiger partial charge in [0.25, 0.3) is 5.91 Å². The van der Waals surface area contributed by atoms with E-state index in [2.05, 4.69) is 37.9 Å². The first-order chi connectivity index (χ1) is 15.0. The molecule has 32 heavy (non-hydrogen) atoms. The summed E-state index contributed by atoms with van der Waals surface area (Å²) in [7, 11) is 3.41. The van der Waals surface area contributed by atoms with E-state index in [1.165, 1.54) is 0 Å². The van der Waals surface area contributed by atoms with Gasteiger partial charge in [-0.3, -0.25) is 9.79 Å². The van der Waals surface area contributed by atoms with Gasteiger partial charge in [-0.05, 0) is 37.5 Å². The highest BCUT2D eigenvalue weighted by atomic mass is 127. The van der Waals surface area contributed by atoms with Crippen LogP contribution < -0.4 is 16.0 Å². The Morgan fingerprint density at radius 3 is 2.75 bits per heavy atom. The number of benzene rings is 1. The summed E-state index contributed by atoms with van der Waals surface area (Å²) in [5, 5.41) is 14.3. The summed E-state index contributed by atoms with van der Waals surface area (Å²) < 4.78 is 7.08. The molecule has 0 aliphatic carbocycles. The number of amides is 1. The molecule has 0 spiro atoms. The van der Waals surface area contributed by atoms with Crippen molar-refractivity contribution in [1.29, 1.82) is 0 Å². The highest BCUT2D eigenvalue weighted by molar-refractivity contribution is 14.0. The third-order valence-electron chi connectivity index (χ3n) is 5.41. The molecule has 0 bridgehead atoms. The minimum absolute atomic E-state index is 0. The van der Waals surface area contributed by atoms with Gasteiger partial charge in [-0.25, -0.2) is 9.67 Å². The van der Waals surface area contributed by atoms with Crippen LogP contribution in [0.2, 0.25) is 0 Å². The topological polar surface area (TPSA) is 105 Å². The number of hydrogen-bond donors (Lipinski definition) is 3. The number of halogens is 1. The maximum absolute atomic E-state index is 12.2. The number of guanidine groups is 1. The van der Waals surface area contributed by atoms with Crippen LogP contribution in [0.25, 0.3) is 0 Å². The van der Waals surface area contributed by atoms with Gasteiger partial charge in [0, 0.05) is 44.8 Å². The smallest absolute Gasteiger partial charge is 0.251 e. The Morgan fingerprint density at radius 1 is 1.34 bits per heavy atom. The number of nitrogens with one attached hydrogen (secondary N) is 3. The van der Waals surface area contributed by atoms with E-state index in [0.29, 0.717) is 18.7 Å². The molecule has 2 aromatic rings. The molecule has 0 saturated carbocycles. The molecule has 1 aliphatic rings. The molecule has 3 rings (SSSR count). The fourth-order valence-electron chi connectivity index (χ4n) is 3.43. The fourth-order valence-corrected chi connectivity index (χ4v) is 3.43. The second-order valence-electron chi connectivity index (χ2n) is 7.84. The van der Waals surface area contributed by atoms with Crippen molar-refractivity contribution in [3.8, 4) is 0 Å². The molecule has 2 atom stereocenters. The van der Waals surface area contributed by atoms with Gasteiger partial charge < -0.3 is 20.7 Å². The Balaban J connectivity index is 0.00000363. The number of methoxy groups -OCH3 is 1. The lowest BCUT2D eigenvalue weighted by Crippen LogP contribution is -2.46. The number of nitrogens with zero attached hydrogens (tertiary/aromatic N) is 4. The quantitative estimate of drug-likeness (QED) is 0.262. The normalized spacial score (nSPS) is 16.5. The maximum Gasteiger partial charge on any atom is 0.251 e. The van der Waals surface area contributed by atoms with Crippen LogP contribution in [0.3, 0.4) is 0 Å². The zero-order valence-corrected chi connectivity index (χ0v) is 21.6. The van der Waals surface area contributed by atoms with E-state index in [9.17, 15) is 4.79 Å². The molecule has 10 heteroatoms. The molecule has 1 aromatic carbocycles. The van der Waals surface area contributed by atoms with Gasteiger partial charge in [0.05, 0.1) is 6.54 Å². The van der Waals surface area contributed by atoms with E-state index < -0.39 is 0 Å². The summed E-state index contributed by atoms with van der Waals surface area (Å²) in [5.74, 6) is 2.43. The van der Waals surface area contributed by atoms with Crippen LogP contribution in [0.1, 0.15) is 54.3 Å². The van der Waals surface area contributed by atoms with Crippen molar-refractivity contribution in [3.63, 3.8) is 0 Å². The largest absolute Gasteiger partial charge is 0.377 e. The summed E-state index contributed by atoms with van der Waals surface area (Å²) in [6.07, 6.45) is 2.74. The molecule has 2 unspecified atom stereocenters.